The number of carbonyl (C=O) groups excluding carboxylic acids is 2. The molecule has 1 atom stereocenters. The van der Waals surface area contributed by atoms with E-state index in [1.165, 1.54) is 5.56 Å². The number of piperazine rings is 1. The first-order chi connectivity index (χ1) is 12.1. The fourth-order valence-electron chi connectivity index (χ4n) is 3.66. The number of rotatable bonds is 4. The van der Waals surface area contributed by atoms with Gasteiger partial charge in [0.1, 0.15) is 6.04 Å². The molecular formula is C20H27N3O2. The van der Waals surface area contributed by atoms with Crippen molar-refractivity contribution in [2.75, 3.05) is 39.3 Å². The summed E-state index contributed by atoms with van der Waals surface area (Å²) in [7, 11) is 0. The minimum absolute atomic E-state index is 0.0144. The van der Waals surface area contributed by atoms with E-state index in [0.29, 0.717) is 0 Å². The Morgan fingerprint density at radius 1 is 1.08 bits per heavy atom. The fourth-order valence-corrected chi connectivity index (χ4v) is 3.66. The summed E-state index contributed by atoms with van der Waals surface area (Å²) in [6.45, 7) is 6.45. The van der Waals surface area contributed by atoms with E-state index in [4.69, 9.17) is 0 Å². The Labute approximate surface area is 149 Å². The van der Waals surface area contributed by atoms with Gasteiger partial charge in [-0.2, -0.15) is 0 Å². The highest BCUT2D eigenvalue weighted by molar-refractivity contribution is 5.87. The number of hydrogen-bond donors (Lipinski definition) is 0. The zero-order valence-corrected chi connectivity index (χ0v) is 14.9. The highest BCUT2D eigenvalue weighted by atomic mass is 16.2. The summed E-state index contributed by atoms with van der Waals surface area (Å²) < 4.78 is 0. The van der Waals surface area contributed by atoms with Crippen molar-refractivity contribution < 1.29 is 9.59 Å². The zero-order valence-electron chi connectivity index (χ0n) is 14.9. The van der Waals surface area contributed by atoms with Gasteiger partial charge in [-0.3, -0.25) is 14.5 Å². The Kier molecular flexibility index (Phi) is 5.87. The molecule has 1 unspecified atom stereocenters. The number of benzene rings is 1. The molecule has 1 aromatic rings. The number of nitrogens with zero attached hydrogens (tertiary/aromatic N) is 3. The topological polar surface area (TPSA) is 43.9 Å². The molecule has 2 aliphatic heterocycles. The van der Waals surface area contributed by atoms with Gasteiger partial charge >= 0.3 is 0 Å². The van der Waals surface area contributed by atoms with Gasteiger partial charge in [-0.1, -0.05) is 42.5 Å². The first-order valence-corrected chi connectivity index (χ1v) is 9.15. The van der Waals surface area contributed by atoms with Crippen LogP contribution in [0.15, 0.2) is 36.4 Å². The molecule has 5 heteroatoms. The molecule has 0 bridgehead atoms. The second kappa shape index (κ2) is 8.30. The van der Waals surface area contributed by atoms with E-state index in [2.05, 4.69) is 29.2 Å². The predicted octanol–water partition coefficient (Wildman–Crippen LogP) is 1.85. The molecule has 0 saturated carbocycles. The van der Waals surface area contributed by atoms with Crippen molar-refractivity contribution >= 4 is 17.9 Å². The van der Waals surface area contributed by atoms with Gasteiger partial charge in [0.05, 0.1) is 0 Å². The maximum Gasteiger partial charge on any atom is 0.245 e. The maximum atomic E-state index is 12.7. The molecule has 0 aromatic heterocycles. The van der Waals surface area contributed by atoms with Crippen LogP contribution >= 0.6 is 0 Å². The van der Waals surface area contributed by atoms with E-state index in [0.717, 1.165) is 52.1 Å². The summed E-state index contributed by atoms with van der Waals surface area (Å²) in [5.41, 5.74) is 1.21. The van der Waals surface area contributed by atoms with Crippen LogP contribution in [0.25, 0.3) is 6.08 Å². The molecule has 2 saturated heterocycles. The molecule has 0 radical (unpaired) electrons. The normalized spacial score (nSPS) is 21.9. The lowest BCUT2D eigenvalue weighted by Gasteiger charge is -2.36. The quantitative estimate of drug-likeness (QED) is 0.840. The van der Waals surface area contributed by atoms with E-state index in [-0.39, 0.29) is 17.9 Å². The van der Waals surface area contributed by atoms with Crippen LogP contribution in [-0.2, 0) is 9.59 Å². The van der Waals surface area contributed by atoms with E-state index in [1.54, 1.807) is 11.8 Å². The highest BCUT2D eigenvalue weighted by Crippen LogP contribution is 2.20. The van der Waals surface area contributed by atoms with Crippen molar-refractivity contribution in [1.82, 2.24) is 14.7 Å². The van der Waals surface area contributed by atoms with E-state index in [1.807, 2.05) is 23.1 Å². The minimum atomic E-state index is -0.234. The molecule has 134 valence electrons. The molecule has 0 spiro atoms. The zero-order chi connectivity index (χ0) is 17.6. The minimum Gasteiger partial charge on any atom is -0.338 e. The van der Waals surface area contributed by atoms with Gasteiger partial charge in [-0.25, -0.2) is 0 Å². The summed E-state index contributed by atoms with van der Waals surface area (Å²) >= 11 is 0. The van der Waals surface area contributed by atoms with Crippen LogP contribution in [0.1, 0.15) is 25.3 Å². The monoisotopic (exact) mass is 341 g/mol. The van der Waals surface area contributed by atoms with Gasteiger partial charge in [0.15, 0.2) is 0 Å². The molecule has 0 aliphatic carbocycles. The third-order valence-corrected chi connectivity index (χ3v) is 5.10. The standard InChI is InChI=1S/C20H27N3O2/c1-17(24)23-12-6-10-19(23)20(25)22-15-13-21(14-16-22)11-5-9-18-7-3-2-4-8-18/h2-5,7-9,19H,6,10-16H2,1H3/b9-5+. The summed E-state index contributed by atoms with van der Waals surface area (Å²) in [5, 5.41) is 0. The van der Waals surface area contributed by atoms with Crippen LogP contribution in [0.2, 0.25) is 0 Å². The smallest absolute Gasteiger partial charge is 0.245 e. The average molecular weight is 341 g/mol. The predicted molar refractivity (Wildman–Crippen MR) is 98.9 cm³/mol. The Bertz CT molecular complexity index is 621. The highest BCUT2D eigenvalue weighted by Gasteiger charge is 2.35. The van der Waals surface area contributed by atoms with Crippen LogP contribution in [0, 0.1) is 0 Å². The lowest BCUT2D eigenvalue weighted by Crippen LogP contribution is -2.54. The molecule has 25 heavy (non-hydrogen) atoms. The fraction of sp³-hybridized carbons (Fsp3) is 0.500. The van der Waals surface area contributed by atoms with Gasteiger partial charge < -0.3 is 9.80 Å². The van der Waals surface area contributed by atoms with Crippen LogP contribution < -0.4 is 0 Å². The summed E-state index contributed by atoms with van der Waals surface area (Å²) in [6, 6.07) is 10.0. The van der Waals surface area contributed by atoms with Crippen LogP contribution in [0.3, 0.4) is 0 Å². The number of hydrogen-bond acceptors (Lipinski definition) is 3. The van der Waals surface area contributed by atoms with Crippen molar-refractivity contribution in [3.8, 4) is 0 Å². The summed E-state index contributed by atoms with van der Waals surface area (Å²) in [5.74, 6) is 0.146. The van der Waals surface area contributed by atoms with Crippen LogP contribution in [0.4, 0.5) is 0 Å². The Hall–Kier alpha value is -2.14. The van der Waals surface area contributed by atoms with Crippen molar-refractivity contribution in [2.24, 2.45) is 0 Å². The summed E-state index contributed by atoms with van der Waals surface area (Å²) in [4.78, 5) is 30.4. The molecule has 2 amide bonds. The lowest BCUT2D eigenvalue weighted by molar-refractivity contribution is -0.143. The maximum absolute atomic E-state index is 12.7. The number of likely N-dealkylation sites (tertiary alicyclic amines) is 1. The first-order valence-electron chi connectivity index (χ1n) is 9.15. The molecule has 5 nitrogen and oxygen atoms in total. The van der Waals surface area contributed by atoms with Gasteiger partial charge in [-0.15, -0.1) is 0 Å². The Morgan fingerprint density at radius 3 is 2.48 bits per heavy atom. The van der Waals surface area contributed by atoms with Crippen molar-refractivity contribution in [3.63, 3.8) is 0 Å². The third kappa shape index (κ3) is 4.48. The Balaban J connectivity index is 1.46. The first kappa shape index (κ1) is 17.7. The van der Waals surface area contributed by atoms with Gasteiger partial charge in [0, 0.05) is 46.2 Å². The van der Waals surface area contributed by atoms with Gasteiger partial charge in [0.2, 0.25) is 11.8 Å². The summed E-state index contributed by atoms with van der Waals surface area (Å²) in [6.07, 6.45) is 6.06. The second-order valence-electron chi connectivity index (χ2n) is 6.81. The third-order valence-electron chi connectivity index (χ3n) is 5.10. The molecule has 3 rings (SSSR count). The molecule has 0 N–H and O–H groups in total. The largest absolute Gasteiger partial charge is 0.338 e. The Morgan fingerprint density at radius 2 is 1.80 bits per heavy atom. The van der Waals surface area contributed by atoms with Crippen molar-refractivity contribution in [3.05, 3.63) is 42.0 Å². The average Bonchev–Trinajstić information content (AvgIpc) is 3.13. The van der Waals surface area contributed by atoms with Crippen molar-refractivity contribution in [1.29, 1.82) is 0 Å². The van der Waals surface area contributed by atoms with Gasteiger partial charge in [-0.05, 0) is 18.4 Å². The SMILES string of the molecule is CC(=O)N1CCCC1C(=O)N1CCN(C/C=C/c2ccccc2)CC1. The molecular weight excluding hydrogens is 314 g/mol. The van der Waals surface area contributed by atoms with Gasteiger partial charge in [0.25, 0.3) is 0 Å². The van der Waals surface area contributed by atoms with Crippen molar-refractivity contribution in [2.45, 2.75) is 25.8 Å². The molecule has 2 fully saturated rings. The van der Waals surface area contributed by atoms with E-state index in [9.17, 15) is 9.59 Å². The second-order valence-corrected chi connectivity index (χ2v) is 6.81. The molecule has 1 aromatic carbocycles. The van der Waals surface area contributed by atoms with Crippen LogP contribution in [0.5, 0.6) is 0 Å². The number of amides is 2. The lowest BCUT2D eigenvalue weighted by atomic mass is 10.1. The van der Waals surface area contributed by atoms with E-state index >= 15 is 0 Å². The van der Waals surface area contributed by atoms with E-state index < -0.39 is 0 Å². The molecule has 2 heterocycles. The van der Waals surface area contributed by atoms with Crippen LogP contribution in [-0.4, -0.2) is 71.8 Å². The number of carbonyl (C=O) groups is 2. The molecule has 2 aliphatic rings.